The standard InChI is InChI=1S/C17H13Cl2F3N4O4/c18-11-8-12(23)13(26(28)29)7-10(11)16(27)24-3-1-2-4-30-15-6-9(17(20,21)22)5-14(19)25-15/h1-2,5-8H,3-4,23H2,(H,24,27)/b2-1-. The number of anilines is 1. The molecule has 0 saturated heterocycles. The predicted molar refractivity (Wildman–Crippen MR) is 104 cm³/mol. The third-order valence-corrected chi connectivity index (χ3v) is 4.04. The number of aromatic nitrogens is 1. The fraction of sp³-hybridized carbons (Fsp3) is 0.176. The smallest absolute Gasteiger partial charge is 0.416 e. The van der Waals surface area contributed by atoms with Gasteiger partial charge in [-0.3, -0.25) is 14.9 Å². The molecule has 0 atom stereocenters. The molecule has 1 aromatic heterocycles. The Bertz CT molecular complexity index is 1000. The van der Waals surface area contributed by atoms with Crippen LogP contribution >= 0.6 is 23.2 Å². The summed E-state index contributed by atoms with van der Waals surface area (Å²) in [5.74, 6) is -0.996. The molecule has 1 heterocycles. The summed E-state index contributed by atoms with van der Waals surface area (Å²) in [6.45, 7) is -0.151. The first-order chi connectivity index (χ1) is 14.0. The maximum Gasteiger partial charge on any atom is 0.416 e. The Morgan fingerprint density at radius 2 is 1.97 bits per heavy atom. The molecule has 8 nitrogen and oxygen atoms in total. The lowest BCUT2D eigenvalue weighted by Crippen LogP contribution is -2.24. The quantitative estimate of drug-likeness (QED) is 0.207. The highest BCUT2D eigenvalue weighted by molar-refractivity contribution is 6.34. The average Bonchev–Trinajstić information content (AvgIpc) is 2.63. The second kappa shape index (κ2) is 9.63. The largest absolute Gasteiger partial charge is 0.473 e. The number of carbonyl (C=O) groups excluding carboxylic acids is 1. The number of hydrogen-bond acceptors (Lipinski definition) is 6. The van der Waals surface area contributed by atoms with Crippen molar-refractivity contribution in [2.45, 2.75) is 6.18 Å². The summed E-state index contributed by atoms with van der Waals surface area (Å²) < 4.78 is 43.2. The Hall–Kier alpha value is -3.05. The monoisotopic (exact) mass is 464 g/mol. The minimum Gasteiger partial charge on any atom is -0.473 e. The summed E-state index contributed by atoms with van der Waals surface area (Å²) in [6.07, 6.45) is -1.72. The lowest BCUT2D eigenvalue weighted by atomic mass is 10.1. The first-order valence-corrected chi connectivity index (χ1v) is 8.79. The lowest BCUT2D eigenvalue weighted by Gasteiger charge is -2.09. The third kappa shape index (κ3) is 6.22. The second-order valence-corrected chi connectivity index (χ2v) is 6.45. The van der Waals surface area contributed by atoms with E-state index in [2.05, 4.69) is 10.3 Å². The van der Waals surface area contributed by atoms with Gasteiger partial charge in [-0.2, -0.15) is 13.2 Å². The Morgan fingerprint density at radius 1 is 1.27 bits per heavy atom. The van der Waals surface area contributed by atoms with E-state index in [4.69, 9.17) is 33.7 Å². The van der Waals surface area contributed by atoms with Gasteiger partial charge in [-0.05, 0) is 18.2 Å². The molecule has 1 amide bonds. The van der Waals surface area contributed by atoms with Crippen LogP contribution in [0.2, 0.25) is 10.2 Å². The molecule has 0 bridgehead atoms. The first kappa shape index (κ1) is 23.2. The molecule has 1 aromatic carbocycles. The Balaban J connectivity index is 1.91. The number of amides is 1. The predicted octanol–water partition coefficient (Wildman–Crippen LogP) is 4.26. The maximum atomic E-state index is 12.7. The molecule has 0 spiro atoms. The van der Waals surface area contributed by atoms with Crippen LogP contribution in [-0.2, 0) is 6.18 Å². The van der Waals surface area contributed by atoms with E-state index in [0.29, 0.717) is 12.1 Å². The van der Waals surface area contributed by atoms with Crippen molar-refractivity contribution >= 4 is 40.5 Å². The van der Waals surface area contributed by atoms with Crippen molar-refractivity contribution in [2.75, 3.05) is 18.9 Å². The van der Waals surface area contributed by atoms with Crippen LogP contribution in [0.15, 0.2) is 36.4 Å². The van der Waals surface area contributed by atoms with Gasteiger partial charge in [0.25, 0.3) is 11.6 Å². The Labute approximate surface area is 177 Å². The summed E-state index contributed by atoms with van der Waals surface area (Å²) in [5, 5.41) is 12.9. The van der Waals surface area contributed by atoms with E-state index in [1.165, 1.54) is 12.2 Å². The van der Waals surface area contributed by atoms with Gasteiger partial charge < -0.3 is 15.8 Å². The molecule has 0 aliphatic carbocycles. The van der Waals surface area contributed by atoms with Crippen molar-refractivity contribution in [3.05, 3.63) is 67.8 Å². The van der Waals surface area contributed by atoms with Gasteiger partial charge in [0.1, 0.15) is 17.4 Å². The van der Waals surface area contributed by atoms with Gasteiger partial charge in [-0.25, -0.2) is 4.98 Å². The average molecular weight is 465 g/mol. The van der Waals surface area contributed by atoms with Gasteiger partial charge in [0.15, 0.2) is 0 Å². The van der Waals surface area contributed by atoms with Crippen molar-refractivity contribution in [3.63, 3.8) is 0 Å². The number of hydrogen-bond donors (Lipinski definition) is 2. The molecular formula is C17H13Cl2F3N4O4. The van der Waals surface area contributed by atoms with Gasteiger partial charge in [0.05, 0.1) is 21.1 Å². The normalized spacial score (nSPS) is 11.5. The Morgan fingerprint density at radius 3 is 2.60 bits per heavy atom. The van der Waals surface area contributed by atoms with E-state index in [-0.39, 0.29) is 40.5 Å². The Kier molecular flexibility index (Phi) is 7.46. The van der Waals surface area contributed by atoms with Crippen LogP contribution in [0.25, 0.3) is 0 Å². The molecule has 0 fully saturated rings. The number of ether oxygens (including phenoxy) is 1. The molecular weight excluding hydrogens is 452 g/mol. The molecule has 30 heavy (non-hydrogen) atoms. The number of halogens is 5. The number of rotatable bonds is 7. The number of nitro benzene ring substituents is 1. The van der Waals surface area contributed by atoms with Crippen LogP contribution in [0.1, 0.15) is 15.9 Å². The van der Waals surface area contributed by atoms with E-state index in [9.17, 15) is 28.1 Å². The minimum absolute atomic E-state index is 0.00648. The summed E-state index contributed by atoms with van der Waals surface area (Å²) >= 11 is 11.4. The fourth-order valence-electron chi connectivity index (χ4n) is 2.15. The van der Waals surface area contributed by atoms with Crippen molar-refractivity contribution < 1.29 is 27.6 Å². The van der Waals surface area contributed by atoms with Crippen molar-refractivity contribution in [2.24, 2.45) is 0 Å². The zero-order chi connectivity index (χ0) is 22.5. The molecule has 160 valence electrons. The number of pyridine rings is 1. The number of nitrogens with one attached hydrogen (secondary N) is 1. The minimum atomic E-state index is -4.59. The SMILES string of the molecule is Nc1cc(Cl)c(C(=O)NC/C=C\COc2cc(C(F)(F)F)cc(Cl)n2)cc1[N+](=O)[O-]. The maximum absolute atomic E-state index is 12.7. The summed E-state index contributed by atoms with van der Waals surface area (Å²) in [6, 6.07) is 3.44. The van der Waals surface area contributed by atoms with E-state index >= 15 is 0 Å². The van der Waals surface area contributed by atoms with Crippen LogP contribution in [0.4, 0.5) is 24.5 Å². The number of nitrogens with zero attached hydrogens (tertiary/aromatic N) is 2. The van der Waals surface area contributed by atoms with E-state index in [1.54, 1.807) is 0 Å². The van der Waals surface area contributed by atoms with Crippen molar-refractivity contribution in [1.29, 1.82) is 0 Å². The molecule has 0 radical (unpaired) electrons. The first-order valence-electron chi connectivity index (χ1n) is 8.03. The van der Waals surface area contributed by atoms with Gasteiger partial charge in [-0.15, -0.1) is 0 Å². The highest BCUT2D eigenvalue weighted by atomic mass is 35.5. The zero-order valence-electron chi connectivity index (χ0n) is 14.9. The highest BCUT2D eigenvalue weighted by Gasteiger charge is 2.31. The molecule has 2 aromatic rings. The second-order valence-electron chi connectivity index (χ2n) is 5.65. The van der Waals surface area contributed by atoms with Crippen LogP contribution in [0.3, 0.4) is 0 Å². The summed E-state index contributed by atoms with van der Waals surface area (Å²) in [7, 11) is 0. The number of nitro groups is 1. The number of carbonyl (C=O) groups is 1. The van der Waals surface area contributed by atoms with Gasteiger partial charge in [-0.1, -0.05) is 29.3 Å². The zero-order valence-corrected chi connectivity index (χ0v) is 16.4. The molecule has 3 N–H and O–H groups in total. The third-order valence-electron chi connectivity index (χ3n) is 3.53. The van der Waals surface area contributed by atoms with E-state index in [1.807, 2.05) is 0 Å². The van der Waals surface area contributed by atoms with E-state index in [0.717, 1.165) is 12.1 Å². The summed E-state index contributed by atoms with van der Waals surface area (Å²) in [5.41, 5.74) is 3.71. The van der Waals surface area contributed by atoms with Crippen molar-refractivity contribution in [3.8, 4) is 5.88 Å². The molecule has 2 rings (SSSR count). The topological polar surface area (TPSA) is 120 Å². The molecule has 13 heteroatoms. The van der Waals surface area contributed by atoms with Crippen LogP contribution in [0, 0.1) is 10.1 Å². The van der Waals surface area contributed by atoms with Crippen LogP contribution in [0.5, 0.6) is 5.88 Å². The highest BCUT2D eigenvalue weighted by Crippen LogP contribution is 2.32. The molecule has 0 unspecified atom stereocenters. The van der Waals surface area contributed by atoms with E-state index < -0.39 is 28.3 Å². The fourth-order valence-corrected chi connectivity index (χ4v) is 2.61. The summed E-state index contributed by atoms with van der Waals surface area (Å²) in [4.78, 5) is 25.9. The molecule has 0 saturated carbocycles. The van der Waals surface area contributed by atoms with Crippen molar-refractivity contribution in [1.82, 2.24) is 10.3 Å². The lowest BCUT2D eigenvalue weighted by molar-refractivity contribution is -0.383. The van der Waals surface area contributed by atoms with Gasteiger partial charge >= 0.3 is 6.18 Å². The van der Waals surface area contributed by atoms with Crippen LogP contribution < -0.4 is 15.8 Å². The van der Waals surface area contributed by atoms with Gasteiger partial charge in [0, 0.05) is 18.7 Å². The van der Waals surface area contributed by atoms with Crippen LogP contribution in [-0.4, -0.2) is 29.0 Å². The number of benzene rings is 1. The number of alkyl halides is 3. The number of nitrogen functional groups attached to an aromatic ring is 1. The molecule has 0 aliphatic heterocycles. The van der Waals surface area contributed by atoms with Gasteiger partial charge in [0.2, 0.25) is 5.88 Å². The molecule has 0 aliphatic rings. The number of nitrogens with two attached hydrogens (primary N) is 1.